The highest BCUT2D eigenvalue weighted by molar-refractivity contribution is 5.89. The largest absolute Gasteiger partial charge is 0.497 e. The van der Waals surface area contributed by atoms with Crippen molar-refractivity contribution in [3.8, 4) is 5.75 Å². The second-order valence-electron chi connectivity index (χ2n) is 7.05. The molecule has 2 amide bonds. The molecule has 3 aliphatic heterocycles. The summed E-state index contributed by atoms with van der Waals surface area (Å²) in [6, 6.07) is 8.26. The van der Waals surface area contributed by atoms with Crippen LogP contribution in [0.15, 0.2) is 24.3 Å². The Hall–Kier alpha value is -1.75. The molecule has 1 N–H and O–H groups in total. The third-order valence-corrected chi connectivity index (χ3v) is 5.75. The van der Waals surface area contributed by atoms with Gasteiger partial charge in [-0.05, 0) is 55.5 Å². The van der Waals surface area contributed by atoms with Gasteiger partial charge in [-0.1, -0.05) is 6.42 Å². The summed E-state index contributed by atoms with van der Waals surface area (Å²) < 4.78 is 5.15. The molecular weight excluding hydrogens is 290 g/mol. The van der Waals surface area contributed by atoms with Gasteiger partial charge in [0.2, 0.25) is 0 Å². The van der Waals surface area contributed by atoms with E-state index in [1.807, 2.05) is 29.2 Å². The normalized spacial score (nSPS) is 30.0. The average molecular weight is 315 g/mol. The minimum atomic E-state index is 0.0342. The predicted octanol–water partition coefficient (Wildman–Crippen LogP) is 2.64. The lowest BCUT2D eigenvalue weighted by atomic mass is 9.90. The first kappa shape index (κ1) is 14.8. The molecule has 0 saturated carbocycles. The summed E-state index contributed by atoms with van der Waals surface area (Å²) in [4.78, 5) is 17.2. The Morgan fingerprint density at radius 2 is 2.00 bits per heavy atom. The number of amides is 2. The summed E-state index contributed by atoms with van der Waals surface area (Å²) in [6.45, 7) is 4.25. The zero-order chi connectivity index (χ0) is 15.8. The number of fused-ring (bicyclic) bond motifs is 3. The number of likely N-dealkylation sites (tertiary alicyclic amines) is 1. The number of hydrogen-bond donors (Lipinski definition) is 1. The molecule has 0 aliphatic carbocycles. The fourth-order valence-electron chi connectivity index (χ4n) is 4.60. The SMILES string of the molecule is COc1ccc(NC(=O)N2C[C@@H]3CN4CCCC[C@H]4[C@H]3C2)cc1. The van der Waals surface area contributed by atoms with Gasteiger partial charge in [-0.25, -0.2) is 4.79 Å². The number of ether oxygens (including phenoxy) is 1. The van der Waals surface area contributed by atoms with Crippen molar-refractivity contribution in [3.63, 3.8) is 0 Å². The molecule has 0 unspecified atom stereocenters. The van der Waals surface area contributed by atoms with Crippen LogP contribution in [0.2, 0.25) is 0 Å². The van der Waals surface area contributed by atoms with Crippen molar-refractivity contribution in [3.05, 3.63) is 24.3 Å². The number of anilines is 1. The van der Waals surface area contributed by atoms with E-state index in [2.05, 4.69) is 10.2 Å². The Labute approximate surface area is 137 Å². The maximum atomic E-state index is 12.5. The van der Waals surface area contributed by atoms with Crippen LogP contribution in [0.5, 0.6) is 5.75 Å². The van der Waals surface area contributed by atoms with E-state index in [-0.39, 0.29) is 6.03 Å². The maximum absolute atomic E-state index is 12.5. The zero-order valence-corrected chi connectivity index (χ0v) is 13.7. The number of methoxy groups -OCH3 is 1. The van der Waals surface area contributed by atoms with E-state index < -0.39 is 0 Å². The fraction of sp³-hybridized carbons (Fsp3) is 0.611. The lowest BCUT2D eigenvalue weighted by molar-refractivity contribution is 0.157. The minimum absolute atomic E-state index is 0.0342. The van der Waals surface area contributed by atoms with Crippen molar-refractivity contribution < 1.29 is 9.53 Å². The monoisotopic (exact) mass is 315 g/mol. The molecule has 0 spiro atoms. The van der Waals surface area contributed by atoms with E-state index in [1.54, 1.807) is 7.11 Å². The predicted molar refractivity (Wildman–Crippen MR) is 89.8 cm³/mol. The third kappa shape index (κ3) is 2.78. The van der Waals surface area contributed by atoms with Crippen LogP contribution in [-0.2, 0) is 0 Å². The summed E-state index contributed by atoms with van der Waals surface area (Å²) in [7, 11) is 1.64. The third-order valence-electron chi connectivity index (χ3n) is 5.75. The highest BCUT2D eigenvalue weighted by atomic mass is 16.5. The van der Waals surface area contributed by atoms with E-state index in [0.29, 0.717) is 17.9 Å². The number of rotatable bonds is 2. The fourth-order valence-corrected chi connectivity index (χ4v) is 4.60. The molecule has 23 heavy (non-hydrogen) atoms. The summed E-state index contributed by atoms with van der Waals surface area (Å²) in [5, 5.41) is 3.01. The number of carbonyl (C=O) groups excluding carboxylic acids is 1. The van der Waals surface area contributed by atoms with Gasteiger partial charge in [0, 0.05) is 31.4 Å². The summed E-state index contributed by atoms with van der Waals surface area (Å²) in [5.41, 5.74) is 0.826. The van der Waals surface area contributed by atoms with Crippen molar-refractivity contribution in [2.24, 2.45) is 11.8 Å². The van der Waals surface area contributed by atoms with Crippen LogP contribution in [-0.4, -0.2) is 55.2 Å². The standard InChI is InChI=1S/C18H25N3O2/c1-23-15-7-5-14(6-8-15)19-18(22)21-11-13-10-20-9-3-2-4-17(20)16(13)12-21/h5-8,13,16-17H,2-4,9-12H2,1H3,(H,19,22)/t13-,16-,17-/m0/s1. The first-order chi connectivity index (χ1) is 11.2. The van der Waals surface area contributed by atoms with Gasteiger partial charge < -0.3 is 15.0 Å². The first-order valence-corrected chi connectivity index (χ1v) is 8.68. The number of urea groups is 1. The summed E-state index contributed by atoms with van der Waals surface area (Å²) in [6.07, 6.45) is 4.01. The second-order valence-corrected chi connectivity index (χ2v) is 7.05. The Balaban J connectivity index is 1.37. The van der Waals surface area contributed by atoms with E-state index in [0.717, 1.165) is 24.5 Å². The van der Waals surface area contributed by atoms with Gasteiger partial charge >= 0.3 is 6.03 Å². The quantitative estimate of drug-likeness (QED) is 0.912. The topological polar surface area (TPSA) is 44.8 Å². The molecule has 0 bridgehead atoms. The van der Waals surface area contributed by atoms with Gasteiger partial charge in [0.25, 0.3) is 0 Å². The highest BCUT2D eigenvalue weighted by Gasteiger charge is 2.48. The van der Waals surface area contributed by atoms with E-state index in [4.69, 9.17) is 4.74 Å². The van der Waals surface area contributed by atoms with Gasteiger partial charge in [-0.15, -0.1) is 0 Å². The van der Waals surface area contributed by atoms with E-state index in [9.17, 15) is 4.79 Å². The lowest BCUT2D eigenvalue weighted by Gasteiger charge is -2.33. The zero-order valence-electron chi connectivity index (χ0n) is 13.7. The second kappa shape index (κ2) is 6.04. The number of carbonyl (C=O) groups is 1. The highest BCUT2D eigenvalue weighted by Crippen LogP contribution is 2.40. The molecular formula is C18H25N3O2. The molecule has 1 aromatic carbocycles. The van der Waals surface area contributed by atoms with Crippen molar-refractivity contribution in [1.82, 2.24) is 9.80 Å². The van der Waals surface area contributed by atoms with Crippen molar-refractivity contribution in [1.29, 1.82) is 0 Å². The van der Waals surface area contributed by atoms with E-state index >= 15 is 0 Å². The minimum Gasteiger partial charge on any atom is -0.497 e. The molecule has 124 valence electrons. The maximum Gasteiger partial charge on any atom is 0.321 e. The molecule has 3 saturated heterocycles. The molecule has 5 heteroatoms. The van der Waals surface area contributed by atoms with Gasteiger partial charge in [0.1, 0.15) is 5.75 Å². The van der Waals surface area contributed by atoms with Crippen LogP contribution in [0.4, 0.5) is 10.5 Å². The Morgan fingerprint density at radius 1 is 1.17 bits per heavy atom. The smallest absolute Gasteiger partial charge is 0.321 e. The molecule has 4 rings (SSSR count). The number of benzene rings is 1. The van der Waals surface area contributed by atoms with Gasteiger partial charge in [-0.3, -0.25) is 4.90 Å². The molecule has 5 nitrogen and oxygen atoms in total. The molecule has 3 heterocycles. The summed E-state index contributed by atoms with van der Waals surface area (Å²) in [5.74, 6) is 2.15. The first-order valence-electron chi connectivity index (χ1n) is 8.68. The molecule has 0 radical (unpaired) electrons. The Morgan fingerprint density at radius 3 is 2.78 bits per heavy atom. The Kier molecular flexibility index (Phi) is 3.89. The van der Waals surface area contributed by atoms with Gasteiger partial charge in [-0.2, -0.15) is 0 Å². The molecule has 0 aromatic heterocycles. The van der Waals surface area contributed by atoms with E-state index in [1.165, 1.54) is 32.4 Å². The molecule has 3 atom stereocenters. The molecule has 3 aliphatic rings. The van der Waals surface area contributed by atoms with Crippen LogP contribution < -0.4 is 10.1 Å². The molecule has 3 fully saturated rings. The number of nitrogens with zero attached hydrogens (tertiary/aromatic N) is 2. The summed E-state index contributed by atoms with van der Waals surface area (Å²) >= 11 is 0. The van der Waals surface area contributed by atoms with Crippen molar-refractivity contribution >= 4 is 11.7 Å². The lowest BCUT2D eigenvalue weighted by Crippen LogP contribution is -2.41. The molecule has 1 aromatic rings. The number of piperidine rings is 1. The van der Waals surface area contributed by atoms with Crippen LogP contribution in [0.3, 0.4) is 0 Å². The van der Waals surface area contributed by atoms with Gasteiger partial charge in [0.15, 0.2) is 0 Å². The van der Waals surface area contributed by atoms with Crippen LogP contribution in [0.1, 0.15) is 19.3 Å². The average Bonchev–Trinajstić information content (AvgIpc) is 3.13. The Bertz CT molecular complexity index is 574. The number of hydrogen-bond acceptors (Lipinski definition) is 3. The van der Waals surface area contributed by atoms with Crippen molar-refractivity contribution in [2.75, 3.05) is 38.6 Å². The van der Waals surface area contributed by atoms with Crippen LogP contribution in [0, 0.1) is 11.8 Å². The number of nitrogens with one attached hydrogen (secondary N) is 1. The van der Waals surface area contributed by atoms with Gasteiger partial charge in [0.05, 0.1) is 7.11 Å². The van der Waals surface area contributed by atoms with Crippen LogP contribution >= 0.6 is 0 Å². The van der Waals surface area contributed by atoms with Crippen LogP contribution in [0.25, 0.3) is 0 Å². The van der Waals surface area contributed by atoms with Crippen molar-refractivity contribution in [2.45, 2.75) is 25.3 Å².